The Hall–Kier alpha value is -18.8. The number of hydrogen-bond acceptors (Lipinski definition) is 16. The first-order valence-corrected chi connectivity index (χ1v) is 46.3. The number of phenols is 16. The van der Waals surface area contributed by atoms with Crippen molar-refractivity contribution in [3.8, 4) is 181 Å². The summed E-state index contributed by atoms with van der Waals surface area (Å²) in [5, 5.41) is 166. The molecule has 0 bridgehead atoms. The average molecular weight is 1880 g/mol. The van der Waals surface area contributed by atoms with Crippen molar-refractivity contribution in [1.82, 2.24) is 0 Å². The molecule has 0 unspecified atom stereocenters. The van der Waals surface area contributed by atoms with E-state index in [9.17, 15) is 81.7 Å². The summed E-state index contributed by atoms with van der Waals surface area (Å²) in [7, 11) is 0. The van der Waals surface area contributed by atoms with E-state index in [0.29, 0.717) is 33.4 Å². The summed E-state index contributed by atoms with van der Waals surface area (Å²) in [6.45, 7) is 6.06. The van der Waals surface area contributed by atoms with Gasteiger partial charge in [-0.3, -0.25) is 0 Å². The van der Waals surface area contributed by atoms with E-state index in [2.05, 4.69) is 6.92 Å². The van der Waals surface area contributed by atoms with Gasteiger partial charge in [-0.15, -0.1) is 0 Å². The number of aromatic hydroxyl groups is 16. The molecule has 0 aromatic heterocycles. The summed E-state index contributed by atoms with van der Waals surface area (Å²) in [6.07, 6.45) is 0. The first kappa shape index (κ1) is 95.9. The quantitative estimate of drug-likeness (QED) is 0.0315. The van der Waals surface area contributed by atoms with E-state index in [4.69, 9.17) is 0 Å². The molecule has 0 radical (unpaired) electrons. The number of hydrogen-bond donors (Lipinski definition) is 16. The van der Waals surface area contributed by atoms with Gasteiger partial charge in [-0.2, -0.15) is 0 Å². The van der Waals surface area contributed by atoms with Gasteiger partial charge in [-0.25, -0.2) is 0 Å². The molecule has 706 valence electrons. The molecule has 0 aliphatic carbocycles. The predicted molar refractivity (Wildman–Crippen MR) is 565 cm³/mol. The topological polar surface area (TPSA) is 324 Å². The molecule has 20 aromatic carbocycles. The molecular weight excluding hydrogens is 1780 g/mol. The van der Waals surface area contributed by atoms with Gasteiger partial charge in [0.1, 0.15) is 92.0 Å². The molecule has 0 heterocycles. The molecule has 16 nitrogen and oxygen atoms in total. The first-order valence-electron chi connectivity index (χ1n) is 46.3. The third-order valence-corrected chi connectivity index (χ3v) is 26.8. The van der Waals surface area contributed by atoms with Gasteiger partial charge in [-0.1, -0.05) is 279 Å². The Morgan fingerprint density at radius 3 is 0.650 bits per heavy atom. The largest absolute Gasteiger partial charge is 0.508 e. The van der Waals surface area contributed by atoms with Crippen molar-refractivity contribution in [3.05, 3.63) is 528 Å². The summed E-state index contributed by atoms with van der Waals surface area (Å²) < 4.78 is 0. The third-order valence-electron chi connectivity index (χ3n) is 26.8. The Bertz CT molecular complexity index is 7510. The highest BCUT2D eigenvalue weighted by atomic mass is 16.3. The second-order valence-electron chi connectivity index (χ2n) is 35.6. The van der Waals surface area contributed by atoms with Crippen LogP contribution in [-0.2, 0) is 16.2 Å². The Kier molecular flexibility index (Phi) is 27.9. The maximum atomic E-state index is 11.1. The Morgan fingerprint density at radius 2 is 0.350 bits per heavy atom. The van der Waals surface area contributed by atoms with Gasteiger partial charge in [0.2, 0.25) is 0 Å². The van der Waals surface area contributed by atoms with Gasteiger partial charge in [0, 0.05) is 77.8 Å². The van der Waals surface area contributed by atoms with Crippen molar-refractivity contribution in [3.63, 3.8) is 0 Å². The lowest BCUT2D eigenvalue weighted by Gasteiger charge is -2.33. The van der Waals surface area contributed by atoms with Crippen LogP contribution < -0.4 is 0 Å². The highest BCUT2D eigenvalue weighted by Crippen LogP contribution is 2.53. The second kappa shape index (κ2) is 41.6. The molecule has 0 aliphatic heterocycles. The molecule has 0 saturated heterocycles. The standard InChI is InChI=1S/2C32H26O5.C32H26O3.C31H24O3/c1-32(24-8-14-27(35)15-9-24,28-18-22(6-16-30(28)36)20-2-10-25(33)11-3-20)29-19-23(7-17-31(29)37)21-4-12-26(34)13-5-21;1-32(20-10-14-23(33)15-11-20,21-12-16-30(36)26(18-21)24-6-2-4-8-28(24)34)22-13-17-31(37)27(19-22)25-7-3-5-9-29(25)35;1-32(24-12-16-27(33)17-13-24,25-14-18-30(34)28(20-25)22-8-4-2-5-9-22)26-15-19-31(35)29(21-26)23-10-6-3-7-11-23;32-26-15-11-23(12-16-26)31(24-13-17-29(33)27(19-24)21-7-3-1-4-8-21)25-14-18-30(34)28(20-25)22-9-5-2-6-10-22/h2*2-19,33-37H,1H3;2-21,33-35H,1H3;1-20,31-34H. The van der Waals surface area contributed by atoms with Crippen molar-refractivity contribution in [2.75, 3.05) is 0 Å². The van der Waals surface area contributed by atoms with Crippen molar-refractivity contribution >= 4 is 0 Å². The van der Waals surface area contributed by atoms with E-state index in [-0.39, 0.29) is 97.9 Å². The van der Waals surface area contributed by atoms with Crippen molar-refractivity contribution in [2.45, 2.75) is 42.9 Å². The fraction of sp³-hybridized carbons (Fsp3) is 0.0551. The fourth-order valence-electron chi connectivity index (χ4n) is 18.7. The van der Waals surface area contributed by atoms with Crippen molar-refractivity contribution < 1.29 is 81.7 Å². The third kappa shape index (κ3) is 20.5. The summed E-state index contributed by atoms with van der Waals surface area (Å²) in [5.74, 6) is 1.89. The predicted octanol–water partition coefficient (Wildman–Crippen LogP) is 28.6. The average Bonchev–Trinajstić information content (AvgIpc) is 0.748. The summed E-state index contributed by atoms with van der Waals surface area (Å²) in [6, 6.07) is 138. The number of benzene rings is 20. The van der Waals surface area contributed by atoms with E-state index in [0.717, 1.165) is 122 Å². The van der Waals surface area contributed by atoms with Gasteiger partial charge in [0.25, 0.3) is 0 Å². The molecule has 143 heavy (non-hydrogen) atoms. The Labute approximate surface area is 828 Å². The lowest BCUT2D eigenvalue weighted by molar-refractivity contribution is 0.441. The lowest BCUT2D eigenvalue weighted by Crippen LogP contribution is -2.26. The van der Waals surface area contributed by atoms with Crippen LogP contribution in [-0.4, -0.2) is 81.7 Å². The van der Waals surface area contributed by atoms with Gasteiger partial charge in [0.15, 0.2) is 0 Å². The summed E-state index contributed by atoms with van der Waals surface area (Å²) in [5.41, 5.74) is 19.8. The zero-order chi connectivity index (χ0) is 100. The number of rotatable bonds is 20. The van der Waals surface area contributed by atoms with Crippen LogP contribution in [0.15, 0.2) is 461 Å². The highest BCUT2D eigenvalue weighted by molar-refractivity contribution is 5.82. The van der Waals surface area contributed by atoms with Crippen LogP contribution in [0.25, 0.3) is 89.0 Å². The number of para-hydroxylation sites is 2. The van der Waals surface area contributed by atoms with Crippen LogP contribution in [0, 0.1) is 0 Å². The molecule has 0 amide bonds. The van der Waals surface area contributed by atoms with Crippen LogP contribution in [0.1, 0.15) is 93.5 Å². The van der Waals surface area contributed by atoms with Crippen LogP contribution in [0.4, 0.5) is 0 Å². The smallest absolute Gasteiger partial charge is 0.123 e. The maximum absolute atomic E-state index is 11.1. The SMILES string of the molecule is CC(c1ccc(O)cc1)(c1cc(-c2ccc(O)cc2)ccc1O)c1cc(-c2ccc(O)cc2)ccc1O.CC(c1ccc(O)cc1)(c1ccc(O)c(-c2ccccc2)c1)c1ccc(O)c(-c2ccccc2)c1.CC(c1ccc(O)cc1)(c1ccc(O)c(-c2ccccc2O)c1)c1ccc(O)c(-c2ccccc2O)c1.Oc1ccc(C(c2ccc(O)c(-c3ccccc3)c2)c2ccc(O)c(-c3ccccc3)c2)cc1. The van der Waals surface area contributed by atoms with E-state index >= 15 is 0 Å². The Morgan fingerprint density at radius 1 is 0.140 bits per heavy atom. The molecule has 0 aliphatic rings. The molecule has 0 fully saturated rings. The molecule has 20 rings (SSSR count). The minimum absolute atomic E-state index is 0.0268. The molecule has 0 saturated carbocycles. The van der Waals surface area contributed by atoms with Gasteiger partial charge in [0.05, 0.1) is 0 Å². The molecule has 0 atom stereocenters. The number of phenolic OH excluding ortho intramolecular Hbond substituents is 16. The zero-order valence-corrected chi connectivity index (χ0v) is 78.1. The minimum Gasteiger partial charge on any atom is -0.508 e. The van der Waals surface area contributed by atoms with Gasteiger partial charge < -0.3 is 81.7 Å². The normalized spacial score (nSPS) is 11.3. The maximum Gasteiger partial charge on any atom is 0.123 e. The second-order valence-corrected chi connectivity index (χ2v) is 35.6. The van der Waals surface area contributed by atoms with E-state index < -0.39 is 16.2 Å². The first-order chi connectivity index (χ1) is 69.1. The molecule has 16 N–H and O–H groups in total. The Balaban J connectivity index is 0.000000131. The zero-order valence-electron chi connectivity index (χ0n) is 78.1. The molecule has 0 spiro atoms. The van der Waals surface area contributed by atoms with Gasteiger partial charge >= 0.3 is 0 Å². The molecule has 16 heteroatoms. The van der Waals surface area contributed by atoms with Crippen LogP contribution in [0.3, 0.4) is 0 Å². The van der Waals surface area contributed by atoms with Crippen LogP contribution >= 0.6 is 0 Å². The highest BCUT2D eigenvalue weighted by Gasteiger charge is 2.39. The van der Waals surface area contributed by atoms with Crippen molar-refractivity contribution in [1.29, 1.82) is 0 Å². The minimum atomic E-state index is -1.03. The molecular formula is C127H102O16. The van der Waals surface area contributed by atoms with Crippen molar-refractivity contribution in [2.24, 2.45) is 0 Å². The summed E-state index contributed by atoms with van der Waals surface area (Å²) in [4.78, 5) is 0. The van der Waals surface area contributed by atoms with Crippen LogP contribution in [0.2, 0.25) is 0 Å². The lowest BCUT2D eigenvalue weighted by atomic mass is 9.69. The van der Waals surface area contributed by atoms with Gasteiger partial charge in [-0.05, 0) is 303 Å². The summed E-state index contributed by atoms with van der Waals surface area (Å²) >= 11 is 0. The van der Waals surface area contributed by atoms with E-state index in [1.54, 1.807) is 218 Å². The van der Waals surface area contributed by atoms with E-state index in [1.807, 2.05) is 257 Å². The van der Waals surface area contributed by atoms with Crippen LogP contribution in [0.5, 0.6) is 92.0 Å². The monoisotopic (exact) mass is 1880 g/mol. The fourth-order valence-corrected chi connectivity index (χ4v) is 18.7. The van der Waals surface area contributed by atoms with E-state index in [1.165, 1.54) is 0 Å². The molecule has 20 aromatic rings.